The number of methoxy groups -OCH3 is 1. The van der Waals surface area contributed by atoms with Crippen molar-refractivity contribution in [3.8, 4) is 11.1 Å². The van der Waals surface area contributed by atoms with Crippen molar-refractivity contribution in [2.75, 3.05) is 40.4 Å². The molecular formula is C30H36N4O3. The molecule has 0 spiro atoms. The van der Waals surface area contributed by atoms with Crippen molar-refractivity contribution in [2.45, 2.75) is 37.9 Å². The van der Waals surface area contributed by atoms with Crippen LogP contribution in [0.1, 0.15) is 52.5 Å². The normalized spacial score (nSPS) is 16.1. The zero-order valence-corrected chi connectivity index (χ0v) is 21.7. The van der Waals surface area contributed by atoms with E-state index in [0.717, 1.165) is 66.8 Å². The molecule has 0 atom stereocenters. The molecule has 1 saturated heterocycles. The van der Waals surface area contributed by atoms with Crippen molar-refractivity contribution in [1.29, 1.82) is 0 Å². The molecule has 3 aromatic rings. The van der Waals surface area contributed by atoms with E-state index in [-0.39, 0.29) is 23.1 Å². The molecule has 2 N–H and O–H groups in total. The predicted molar refractivity (Wildman–Crippen MR) is 146 cm³/mol. The van der Waals surface area contributed by atoms with Gasteiger partial charge >= 0.3 is 0 Å². The second-order valence-corrected chi connectivity index (χ2v) is 10.2. The largest absolute Gasteiger partial charge is 0.385 e. The summed E-state index contributed by atoms with van der Waals surface area (Å²) < 4.78 is 5.27. The van der Waals surface area contributed by atoms with Crippen molar-refractivity contribution in [3.05, 3.63) is 93.4 Å². The van der Waals surface area contributed by atoms with Gasteiger partial charge in [0.1, 0.15) is 5.56 Å². The molecule has 5 rings (SSSR count). The monoisotopic (exact) mass is 500 g/mol. The maximum absolute atomic E-state index is 13.3. The number of hydrogen-bond donors (Lipinski definition) is 2. The quantitative estimate of drug-likeness (QED) is 0.437. The minimum Gasteiger partial charge on any atom is -0.385 e. The van der Waals surface area contributed by atoms with Crippen molar-refractivity contribution in [1.82, 2.24) is 20.1 Å². The van der Waals surface area contributed by atoms with E-state index in [1.165, 1.54) is 0 Å². The van der Waals surface area contributed by atoms with E-state index in [4.69, 9.17) is 4.74 Å². The van der Waals surface area contributed by atoms with Crippen molar-refractivity contribution in [3.63, 3.8) is 0 Å². The standard InChI is InChI=1S/C30H36N4O3/c1-33-17-14-22(15-18-33)34(16-7-19-37-2)20-21-12-13-27(29(35)31-21)30(36)32-28-25-10-5-3-8-23(25)24-9-4-6-11-26(24)28/h3-6,8-13,22,28H,7,14-20H2,1-2H3,(H,31,35)(H,32,36). The molecule has 1 fully saturated rings. The van der Waals surface area contributed by atoms with Crippen LogP contribution in [0.4, 0.5) is 0 Å². The second-order valence-electron chi connectivity index (χ2n) is 10.2. The first kappa shape index (κ1) is 25.4. The Morgan fingerprint density at radius 3 is 2.30 bits per heavy atom. The highest BCUT2D eigenvalue weighted by molar-refractivity contribution is 5.95. The summed E-state index contributed by atoms with van der Waals surface area (Å²) >= 11 is 0. The highest BCUT2D eigenvalue weighted by atomic mass is 16.5. The molecule has 0 radical (unpaired) electrons. The number of benzene rings is 2. The summed E-state index contributed by atoms with van der Waals surface area (Å²) in [4.78, 5) is 34.1. The Morgan fingerprint density at radius 2 is 1.68 bits per heavy atom. The molecule has 1 aliphatic carbocycles. The molecule has 2 aromatic carbocycles. The zero-order valence-electron chi connectivity index (χ0n) is 21.7. The number of piperidine rings is 1. The number of H-pyrrole nitrogens is 1. The molecule has 37 heavy (non-hydrogen) atoms. The fourth-order valence-corrected chi connectivity index (χ4v) is 5.69. The van der Waals surface area contributed by atoms with E-state index in [9.17, 15) is 9.59 Å². The topological polar surface area (TPSA) is 77.7 Å². The first-order chi connectivity index (χ1) is 18.0. The first-order valence-electron chi connectivity index (χ1n) is 13.2. The van der Waals surface area contributed by atoms with Crippen LogP contribution < -0.4 is 10.9 Å². The van der Waals surface area contributed by atoms with Crippen LogP contribution in [0.25, 0.3) is 11.1 Å². The van der Waals surface area contributed by atoms with Crippen LogP contribution in [0, 0.1) is 0 Å². The van der Waals surface area contributed by atoms with Gasteiger partial charge in [-0.05, 0) is 73.8 Å². The summed E-state index contributed by atoms with van der Waals surface area (Å²) in [5.74, 6) is -0.364. The van der Waals surface area contributed by atoms with Crippen molar-refractivity contribution in [2.24, 2.45) is 0 Å². The number of hydrogen-bond acceptors (Lipinski definition) is 5. The third-order valence-electron chi connectivity index (χ3n) is 7.70. The number of fused-ring (bicyclic) bond motifs is 3. The first-order valence-corrected chi connectivity index (χ1v) is 13.2. The Balaban J connectivity index is 1.31. The molecule has 7 heteroatoms. The third kappa shape index (κ3) is 5.54. The lowest BCUT2D eigenvalue weighted by molar-refractivity contribution is 0.0940. The molecule has 1 aliphatic heterocycles. The number of carbonyl (C=O) groups is 1. The minimum atomic E-state index is -0.364. The molecule has 2 heterocycles. The summed E-state index contributed by atoms with van der Waals surface area (Å²) in [5.41, 5.74) is 4.95. The van der Waals surface area contributed by atoms with Gasteiger partial charge in [-0.3, -0.25) is 14.5 Å². The molecule has 1 aromatic heterocycles. The van der Waals surface area contributed by atoms with Crippen LogP contribution in [-0.4, -0.2) is 67.1 Å². The van der Waals surface area contributed by atoms with E-state index in [1.54, 1.807) is 13.2 Å². The maximum atomic E-state index is 13.3. The number of aromatic nitrogens is 1. The summed E-state index contributed by atoms with van der Waals surface area (Å²) in [6.07, 6.45) is 3.16. The number of nitrogens with one attached hydrogen (secondary N) is 2. The van der Waals surface area contributed by atoms with Gasteiger partial charge in [-0.2, -0.15) is 0 Å². The highest BCUT2D eigenvalue weighted by Gasteiger charge is 2.30. The Hall–Kier alpha value is -3.26. The molecular weight excluding hydrogens is 464 g/mol. The lowest BCUT2D eigenvalue weighted by Crippen LogP contribution is -2.44. The Kier molecular flexibility index (Phi) is 7.84. The number of amides is 1. The van der Waals surface area contributed by atoms with E-state index < -0.39 is 0 Å². The van der Waals surface area contributed by atoms with Crippen LogP contribution >= 0.6 is 0 Å². The molecule has 0 unspecified atom stereocenters. The maximum Gasteiger partial charge on any atom is 0.261 e. The van der Waals surface area contributed by atoms with Crippen LogP contribution in [0.15, 0.2) is 65.5 Å². The minimum absolute atomic E-state index is 0.135. The predicted octanol–water partition coefficient (Wildman–Crippen LogP) is 3.81. The van der Waals surface area contributed by atoms with Crippen molar-refractivity contribution >= 4 is 5.91 Å². The van der Waals surface area contributed by atoms with Gasteiger partial charge in [-0.1, -0.05) is 48.5 Å². The third-order valence-corrected chi connectivity index (χ3v) is 7.70. The van der Waals surface area contributed by atoms with Gasteiger partial charge in [0.15, 0.2) is 0 Å². The lowest BCUT2D eigenvalue weighted by atomic mass is 10.0. The molecule has 7 nitrogen and oxygen atoms in total. The Morgan fingerprint density at radius 1 is 1.03 bits per heavy atom. The summed E-state index contributed by atoms with van der Waals surface area (Å²) in [5, 5.41) is 3.11. The lowest BCUT2D eigenvalue weighted by Gasteiger charge is -2.37. The van der Waals surface area contributed by atoms with Gasteiger partial charge in [-0.15, -0.1) is 0 Å². The number of aromatic amines is 1. The number of likely N-dealkylation sites (tertiary alicyclic amines) is 1. The molecule has 194 valence electrons. The Labute approximate surface area is 218 Å². The van der Waals surface area contributed by atoms with E-state index in [0.29, 0.717) is 19.2 Å². The number of carbonyl (C=O) groups excluding carboxylic acids is 1. The SMILES string of the molecule is COCCCN(Cc1ccc(C(=O)NC2c3ccccc3-c3ccccc32)c(=O)[nH]1)C1CCN(C)CC1. The van der Waals surface area contributed by atoms with Gasteiger partial charge in [0.05, 0.1) is 6.04 Å². The second kappa shape index (κ2) is 11.4. The van der Waals surface area contributed by atoms with E-state index in [1.807, 2.05) is 42.5 Å². The van der Waals surface area contributed by atoms with Gasteiger partial charge in [0.2, 0.25) is 0 Å². The fourth-order valence-electron chi connectivity index (χ4n) is 5.69. The van der Waals surface area contributed by atoms with Gasteiger partial charge in [-0.25, -0.2) is 0 Å². The fraction of sp³-hybridized carbons (Fsp3) is 0.400. The summed E-state index contributed by atoms with van der Waals surface area (Å²) in [7, 11) is 3.89. The highest BCUT2D eigenvalue weighted by Crippen LogP contribution is 2.43. The molecule has 0 saturated carbocycles. The average Bonchev–Trinajstić information content (AvgIpc) is 3.22. The molecule has 2 aliphatic rings. The smallest absolute Gasteiger partial charge is 0.261 e. The van der Waals surface area contributed by atoms with E-state index >= 15 is 0 Å². The van der Waals surface area contributed by atoms with Crippen molar-refractivity contribution < 1.29 is 9.53 Å². The summed E-state index contributed by atoms with van der Waals surface area (Å²) in [6, 6.07) is 19.9. The van der Waals surface area contributed by atoms with Gasteiger partial charge < -0.3 is 19.9 Å². The number of nitrogens with zero attached hydrogens (tertiary/aromatic N) is 2. The average molecular weight is 501 g/mol. The van der Waals surface area contributed by atoms with Crippen LogP contribution in [-0.2, 0) is 11.3 Å². The Bertz CT molecular complexity index is 1250. The van der Waals surface area contributed by atoms with Crippen LogP contribution in [0.5, 0.6) is 0 Å². The molecule has 0 bridgehead atoms. The number of rotatable bonds is 9. The zero-order chi connectivity index (χ0) is 25.8. The summed E-state index contributed by atoms with van der Waals surface area (Å²) in [6.45, 7) is 4.43. The number of pyridine rings is 1. The van der Waals surface area contributed by atoms with E-state index in [2.05, 4.69) is 39.3 Å². The van der Waals surface area contributed by atoms with Crippen LogP contribution in [0.2, 0.25) is 0 Å². The van der Waals surface area contributed by atoms with Gasteiger partial charge in [0.25, 0.3) is 11.5 Å². The number of ether oxygens (including phenoxy) is 1. The van der Waals surface area contributed by atoms with Crippen LogP contribution in [0.3, 0.4) is 0 Å². The van der Waals surface area contributed by atoms with Gasteiger partial charge in [0, 0.05) is 38.5 Å². The molecule has 1 amide bonds.